The van der Waals surface area contributed by atoms with E-state index < -0.39 is 0 Å². The monoisotopic (exact) mass is 340 g/mol. The second-order valence-corrected chi connectivity index (χ2v) is 6.19. The third-order valence-corrected chi connectivity index (χ3v) is 4.18. The van der Waals surface area contributed by atoms with Gasteiger partial charge in [0.15, 0.2) is 0 Å². The Morgan fingerprint density at radius 2 is 1.52 bits per heavy atom. The average Bonchev–Trinajstić information content (AvgIpc) is 2.65. The molecular formula is C22H28O3. The minimum Gasteiger partial charge on any atom is -0.494 e. The minimum atomic E-state index is -0.222. The lowest BCUT2D eigenvalue weighted by atomic mass is 10.0. The van der Waals surface area contributed by atoms with Crippen LogP contribution in [0.5, 0.6) is 5.75 Å². The van der Waals surface area contributed by atoms with Crippen LogP contribution in [0.1, 0.15) is 58.1 Å². The van der Waals surface area contributed by atoms with Crippen molar-refractivity contribution in [1.82, 2.24) is 0 Å². The molecule has 0 aromatic heterocycles. The second kappa shape index (κ2) is 9.87. The smallest absolute Gasteiger partial charge is 0.306 e. The highest BCUT2D eigenvalue weighted by Gasteiger charge is 2.10. The zero-order valence-corrected chi connectivity index (χ0v) is 15.5. The minimum absolute atomic E-state index is 0.175. The quantitative estimate of drug-likeness (QED) is 0.419. The fourth-order valence-corrected chi connectivity index (χ4v) is 2.58. The van der Waals surface area contributed by atoms with Crippen LogP contribution < -0.4 is 4.74 Å². The number of unbranched alkanes of at least 4 members (excludes halogenated alkanes) is 2. The normalized spacial score (nSPS) is 11.8. The Balaban J connectivity index is 1.96. The maximum atomic E-state index is 11.4. The first-order valence-corrected chi connectivity index (χ1v) is 9.16. The fourth-order valence-electron chi connectivity index (χ4n) is 2.58. The molecule has 0 saturated heterocycles. The fraction of sp³-hybridized carbons (Fsp3) is 0.409. The molecule has 0 N–H and O–H groups in total. The van der Waals surface area contributed by atoms with E-state index in [1.807, 2.05) is 31.2 Å². The van der Waals surface area contributed by atoms with Crippen molar-refractivity contribution in [1.29, 1.82) is 0 Å². The van der Waals surface area contributed by atoms with E-state index in [9.17, 15) is 4.79 Å². The van der Waals surface area contributed by atoms with E-state index >= 15 is 0 Å². The van der Waals surface area contributed by atoms with Crippen LogP contribution in [0.3, 0.4) is 0 Å². The summed E-state index contributed by atoms with van der Waals surface area (Å²) in [7, 11) is 0. The highest BCUT2D eigenvalue weighted by atomic mass is 16.5. The molecule has 25 heavy (non-hydrogen) atoms. The molecule has 0 heterocycles. The lowest BCUT2D eigenvalue weighted by Gasteiger charge is -2.13. The van der Waals surface area contributed by atoms with Crippen molar-refractivity contribution < 1.29 is 14.3 Å². The predicted molar refractivity (Wildman–Crippen MR) is 102 cm³/mol. The van der Waals surface area contributed by atoms with Crippen LogP contribution in [0.25, 0.3) is 11.1 Å². The van der Waals surface area contributed by atoms with Gasteiger partial charge in [-0.25, -0.2) is 0 Å². The van der Waals surface area contributed by atoms with Gasteiger partial charge in [-0.05, 0) is 42.2 Å². The molecule has 2 aromatic carbocycles. The molecule has 0 saturated carbocycles. The molecule has 0 radical (unpaired) electrons. The Kier molecular flexibility index (Phi) is 7.52. The van der Waals surface area contributed by atoms with Crippen molar-refractivity contribution in [3.05, 3.63) is 54.1 Å². The molecule has 2 aromatic rings. The van der Waals surface area contributed by atoms with Crippen molar-refractivity contribution in [2.24, 2.45) is 0 Å². The summed E-state index contributed by atoms with van der Waals surface area (Å²) < 4.78 is 11.1. The van der Waals surface area contributed by atoms with E-state index in [1.165, 1.54) is 12.8 Å². The van der Waals surface area contributed by atoms with Gasteiger partial charge < -0.3 is 9.47 Å². The predicted octanol–water partition coefficient (Wildman–Crippen LogP) is 5.94. The Labute approximate surface area is 151 Å². The van der Waals surface area contributed by atoms with Crippen molar-refractivity contribution in [2.45, 2.75) is 52.6 Å². The summed E-state index contributed by atoms with van der Waals surface area (Å²) in [6.45, 7) is 6.66. The number of hydrogen-bond donors (Lipinski definition) is 0. The zero-order chi connectivity index (χ0) is 18.1. The number of hydrogen-bond acceptors (Lipinski definition) is 3. The van der Waals surface area contributed by atoms with Gasteiger partial charge in [-0.3, -0.25) is 4.79 Å². The Bertz CT molecular complexity index is 644. The van der Waals surface area contributed by atoms with E-state index in [0.29, 0.717) is 6.42 Å². The van der Waals surface area contributed by atoms with Gasteiger partial charge >= 0.3 is 5.97 Å². The highest BCUT2D eigenvalue weighted by molar-refractivity contribution is 5.69. The third-order valence-electron chi connectivity index (χ3n) is 4.18. The third kappa shape index (κ3) is 5.93. The summed E-state index contributed by atoms with van der Waals surface area (Å²) >= 11 is 0. The SMILES string of the molecule is CCCCCOc1ccc(-c2ccc(C(C)OC(=O)CC)cc2)cc1. The number of ether oxygens (including phenoxy) is 2. The summed E-state index contributed by atoms with van der Waals surface area (Å²) in [5, 5.41) is 0. The van der Waals surface area contributed by atoms with E-state index in [1.54, 1.807) is 6.92 Å². The largest absolute Gasteiger partial charge is 0.494 e. The van der Waals surface area contributed by atoms with Gasteiger partial charge in [0.2, 0.25) is 0 Å². The lowest BCUT2D eigenvalue weighted by molar-refractivity contribution is -0.148. The molecule has 0 aliphatic carbocycles. The first-order valence-electron chi connectivity index (χ1n) is 9.16. The topological polar surface area (TPSA) is 35.5 Å². The van der Waals surface area contributed by atoms with E-state index in [4.69, 9.17) is 9.47 Å². The van der Waals surface area contributed by atoms with Gasteiger partial charge in [0, 0.05) is 6.42 Å². The van der Waals surface area contributed by atoms with Crippen LogP contribution in [-0.4, -0.2) is 12.6 Å². The summed E-state index contributed by atoms with van der Waals surface area (Å²) in [5.74, 6) is 0.739. The van der Waals surface area contributed by atoms with Crippen LogP contribution in [0, 0.1) is 0 Å². The molecule has 3 nitrogen and oxygen atoms in total. The molecule has 0 amide bonds. The lowest BCUT2D eigenvalue weighted by Crippen LogP contribution is -2.07. The average molecular weight is 340 g/mol. The summed E-state index contributed by atoms with van der Waals surface area (Å²) in [4.78, 5) is 11.4. The van der Waals surface area contributed by atoms with Crippen LogP contribution >= 0.6 is 0 Å². The number of rotatable bonds is 9. The number of benzene rings is 2. The molecule has 2 rings (SSSR count). The van der Waals surface area contributed by atoms with E-state index in [0.717, 1.165) is 35.5 Å². The molecule has 1 atom stereocenters. The maximum Gasteiger partial charge on any atom is 0.306 e. The Morgan fingerprint density at radius 3 is 2.08 bits per heavy atom. The Hall–Kier alpha value is -2.29. The summed E-state index contributed by atoms with van der Waals surface area (Å²) in [6.07, 6.45) is 3.68. The first-order chi connectivity index (χ1) is 12.1. The van der Waals surface area contributed by atoms with Gasteiger partial charge in [-0.15, -0.1) is 0 Å². The Morgan fingerprint density at radius 1 is 0.920 bits per heavy atom. The van der Waals surface area contributed by atoms with Crippen molar-refractivity contribution in [3.63, 3.8) is 0 Å². The molecule has 0 bridgehead atoms. The molecule has 3 heteroatoms. The second-order valence-electron chi connectivity index (χ2n) is 6.19. The van der Waals surface area contributed by atoms with Gasteiger partial charge in [-0.1, -0.05) is 63.1 Å². The zero-order valence-electron chi connectivity index (χ0n) is 15.5. The van der Waals surface area contributed by atoms with Crippen LogP contribution in [-0.2, 0) is 9.53 Å². The van der Waals surface area contributed by atoms with E-state index in [-0.39, 0.29) is 12.1 Å². The molecule has 0 aliphatic heterocycles. The van der Waals surface area contributed by atoms with E-state index in [2.05, 4.69) is 31.2 Å². The maximum absolute atomic E-state index is 11.4. The van der Waals surface area contributed by atoms with Crippen molar-refractivity contribution >= 4 is 5.97 Å². The van der Waals surface area contributed by atoms with Gasteiger partial charge in [-0.2, -0.15) is 0 Å². The van der Waals surface area contributed by atoms with Gasteiger partial charge in [0.1, 0.15) is 11.9 Å². The number of carbonyl (C=O) groups excluding carboxylic acids is 1. The van der Waals surface area contributed by atoms with Crippen molar-refractivity contribution in [3.8, 4) is 16.9 Å². The van der Waals surface area contributed by atoms with Crippen LogP contribution in [0.2, 0.25) is 0 Å². The number of esters is 1. The summed E-state index contributed by atoms with van der Waals surface area (Å²) in [6, 6.07) is 16.3. The number of carbonyl (C=O) groups is 1. The highest BCUT2D eigenvalue weighted by Crippen LogP contribution is 2.25. The molecular weight excluding hydrogens is 312 g/mol. The van der Waals surface area contributed by atoms with Crippen LogP contribution in [0.15, 0.2) is 48.5 Å². The first kappa shape index (κ1) is 19.0. The molecule has 0 aliphatic rings. The molecule has 1 unspecified atom stereocenters. The van der Waals surface area contributed by atoms with Gasteiger partial charge in [0.05, 0.1) is 6.61 Å². The van der Waals surface area contributed by atoms with Gasteiger partial charge in [0.25, 0.3) is 0 Å². The molecule has 134 valence electrons. The standard InChI is InChI=1S/C22H28O3/c1-4-6-7-16-24-21-14-12-20(13-15-21)19-10-8-18(9-11-19)17(3)25-22(23)5-2/h8-15,17H,4-7,16H2,1-3H3. The molecule has 0 spiro atoms. The summed E-state index contributed by atoms with van der Waals surface area (Å²) in [5.41, 5.74) is 3.28. The molecule has 0 fully saturated rings. The van der Waals surface area contributed by atoms with Crippen molar-refractivity contribution in [2.75, 3.05) is 6.61 Å². The van der Waals surface area contributed by atoms with Crippen LogP contribution in [0.4, 0.5) is 0 Å².